The second-order valence-electron chi connectivity index (χ2n) is 7.81. The molecule has 4 aromatic heterocycles. The molecule has 5 rings (SSSR count). The third-order valence-corrected chi connectivity index (χ3v) is 5.53. The first-order valence-electron chi connectivity index (χ1n) is 9.55. The first-order chi connectivity index (χ1) is 13.1. The molecule has 2 N–H and O–H groups in total. The molecule has 1 aromatic carbocycles. The number of nitrogens with zero attached hydrogens (tertiary/aromatic N) is 1. The number of benzene rings is 1. The Morgan fingerprint density at radius 2 is 1.81 bits per heavy atom. The molecular weight excluding hydrogens is 334 g/mol. The average molecular weight is 357 g/mol. The normalized spacial score (nSPS) is 13.3. The Morgan fingerprint density at radius 1 is 1.00 bits per heavy atom. The van der Waals surface area contributed by atoms with Crippen molar-refractivity contribution in [2.75, 3.05) is 0 Å². The summed E-state index contributed by atoms with van der Waals surface area (Å²) in [5.41, 5.74) is 5.57. The van der Waals surface area contributed by atoms with Gasteiger partial charge in [0.1, 0.15) is 11.4 Å². The summed E-state index contributed by atoms with van der Waals surface area (Å²) in [6.07, 6.45) is 6.73. The number of hydrogen-bond donors (Lipinski definition) is 2. The summed E-state index contributed by atoms with van der Waals surface area (Å²) in [5.74, 6) is 1.81. The summed E-state index contributed by atoms with van der Waals surface area (Å²) in [4.78, 5) is 11.0. The topological polar surface area (TPSA) is 57.6 Å². The maximum absolute atomic E-state index is 6.34. The van der Waals surface area contributed by atoms with Crippen LogP contribution in [0.25, 0.3) is 32.9 Å². The maximum atomic E-state index is 6.34. The van der Waals surface area contributed by atoms with E-state index in [1.807, 2.05) is 18.6 Å². The Kier molecular flexibility index (Phi) is 3.61. The number of aromatic nitrogens is 3. The number of hydrogen-bond acceptors (Lipinski definition) is 2. The number of fused-ring (bicyclic) bond motifs is 4. The number of pyridine rings is 1. The molecule has 0 aliphatic rings. The third-order valence-electron chi connectivity index (χ3n) is 5.53. The van der Waals surface area contributed by atoms with E-state index in [1.165, 1.54) is 21.9 Å². The molecule has 4 heteroatoms. The minimum atomic E-state index is 0.332. The smallest absolute Gasteiger partial charge is 0.158 e. The van der Waals surface area contributed by atoms with E-state index in [2.05, 4.69) is 66.1 Å². The number of H-pyrrole nitrogens is 2. The molecule has 0 bridgehead atoms. The van der Waals surface area contributed by atoms with Crippen molar-refractivity contribution in [3.05, 3.63) is 65.8 Å². The largest absolute Gasteiger partial charge is 0.459 e. The summed E-state index contributed by atoms with van der Waals surface area (Å²) in [5, 5.41) is 3.59. The van der Waals surface area contributed by atoms with Gasteiger partial charge in [0.2, 0.25) is 0 Å². The van der Waals surface area contributed by atoms with Gasteiger partial charge in [0.05, 0.1) is 5.52 Å². The lowest BCUT2D eigenvalue weighted by Crippen LogP contribution is -1.98. The number of nitrogens with one attached hydrogen (secondary N) is 2. The lowest BCUT2D eigenvalue weighted by molar-refractivity contribution is 0.528. The van der Waals surface area contributed by atoms with Crippen molar-refractivity contribution in [1.29, 1.82) is 0 Å². The minimum Gasteiger partial charge on any atom is -0.459 e. The fourth-order valence-corrected chi connectivity index (χ4v) is 4.01. The summed E-state index contributed by atoms with van der Waals surface area (Å²) in [6.45, 7) is 6.71. The Morgan fingerprint density at radius 3 is 2.67 bits per heavy atom. The minimum absolute atomic E-state index is 0.332. The zero-order valence-electron chi connectivity index (χ0n) is 15.8. The van der Waals surface area contributed by atoms with Gasteiger partial charge in [0.15, 0.2) is 5.58 Å². The first kappa shape index (κ1) is 16.2. The van der Waals surface area contributed by atoms with Crippen molar-refractivity contribution in [3.63, 3.8) is 0 Å². The van der Waals surface area contributed by atoms with Crippen LogP contribution < -0.4 is 0 Å². The van der Waals surface area contributed by atoms with Crippen LogP contribution in [0.3, 0.4) is 0 Å². The van der Waals surface area contributed by atoms with Gasteiger partial charge >= 0.3 is 0 Å². The quantitative estimate of drug-likeness (QED) is 0.399. The third kappa shape index (κ3) is 2.64. The SMILES string of the molecule is CC(C)c1cc2cc[nH]c2c2oc(CC(C)c3cnc4[nH]ccc4c3)cc12. The first-order valence-corrected chi connectivity index (χ1v) is 9.55. The van der Waals surface area contributed by atoms with E-state index in [1.54, 1.807) is 0 Å². The Bertz CT molecular complexity index is 1250. The fourth-order valence-electron chi connectivity index (χ4n) is 4.01. The van der Waals surface area contributed by atoms with Crippen molar-refractivity contribution < 1.29 is 4.42 Å². The molecule has 0 amide bonds. The molecular formula is C23H23N3O. The maximum Gasteiger partial charge on any atom is 0.158 e. The highest BCUT2D eigenvalue weighted by molar-refractivity contribution is 6.04. The van der Waals surface area contributed by atoms with Gasteiger partial charge in [0.25, 0.3) is 0 Å². The molecule has 0 fully saturated rings. The van der Waals surface area contributed by atoms with Crippen molar-refractivity contribution in [2.24, 2.45) is 0 Å². The molecule has 27 heavy (non-hydrogen) atoms. The van der Waals surface area contributed by atoms with Gasteiger partial charge in [-0.2, -0.15) is 0 Å². The molecule has 0 saturated heterocycles. The summed E-state index contributed by atoms with van der Waals surface area (Å²) in [6, 6.07) is 10.9. The van der Waals surface area contributed by atoms with Crippen LogP contribution in [0.2, 0.25) is 0 Å². The van der Waals surface area contributed by atoms with Crippen LogP contribution in [0.15, 0.2) is 53.3 Å². The van der Waals surface area contributed by atoms with Gasteiger partial charge < -0.3 is 14.4 Å². The van der Waals surface area contributed by atoms with Crippen LogP contribution in [-0.4, -0.2) is 15.0 Å². The molecule has 0 saturated carbocycles. The lowest BCUT2D eigenvalue weighted by Gasteiger charge is -2.09. The molecule has 136 valence electrons. The standard InChI is InChI=1S/C23H23N3O/c1-13(2)19-10-15-4-6-24-21(15)22-20(19)11-18(27-22)8-14(3)17-9-16-5-7-25-23(16)26-12-17/h4-7,9-14,24H,8H2,1-3H3,(H,25,26). The number of aromatic amines is 2. The van der Waals surface area contributed by atoms with Gasteiger partial charge in [-0.05, 0) is 53.3 Å². The lowest BCUT2D eigenvalue weighted by atomic mass is 9.95. The zero-order chi connectivity index (χ0) is 18.5. The molecule has 0 radical (unpaired) electrons. The van der Waals surface area contributed by atoms with Crippen LogP contribution in [-0.2, 0) is 6.42 Å². The molecule has 5 aromatic rings. The van der Waals surface area contributed by atoms with Gasteiger partial charge in [0, 0.05) is 41.2 Å². The van der Waals surface area contributed by atoms with Crippen LogP contribution in [0.1, 0.15) is 49.5 Å². The summed E-state index contributed by atoms with van der Waals surface area (Å²) >= 11 is 0. The van der Waals surface area contributed by atoms with E-state index < -0.39 is 0 Å². The van der Waals surface area contributed by atoms with Crippen LogP contribution >= 0.6 is 0 Å². The van der Waals surface area contributed by atoms with Crippen molar-refractivity contribution in [3.8, 4) is 0 Å². The summed E-state index contributed by atoms with van der Waals surface area (Å²) < 4.78 is 6.34. The van der Waals surface area contributed by atoms with Crippen molar-refractivity contribution >= 4 is 32.9 Å². The zero-order valence-corrected chi connectivity index (χ0v) is 15.8. The van der Waals surface area contributed by atoms with E-state index in [0.717, 1.165) is 34.3 Å². The second-order valence-corrected chi connectivity index (χ2v) is 7.81. The molecule has 1 unspecified atom stereocenters. The van der Waals surface area contributed by atoms with E-state index in [-0.39, 0.29) is 0 Å². The number of rotatable bonds is 4. The van der Waals surface area contributed by atoms with Crippen LogP contribution in [0.5, 0.6) is 0 Å². The van der Waals surface area contributed by atoms with Gasteiger partial charge in [-0.3, -0.25) is 0 Å². The Labute approximate surface area is 157 Å². The Hall–Kier alpha value is -3.01. The Balaban J connectivity index is 1.55. The molecule has 0 aliphatic heterocycles. The number of furan rings is 1. The van der Waals surface area contributed by atoms with Gasteiger partial charge in [-0.1, -0.05) is 20.8 Å². The molecule has 4 nitrogen and oxygen atoms in total. The molecule has 0 aliphatic carbocycles. The van der Waals surface area contributed by atoms with Crippen LogP contribution in [0, 0.1) is 0 Å². The fraction of sp³-hybridized carbons (Fsp3) is 0.261. The van der Waals surface area contributed by atoms with E-state index in [0.29, 0.717) is 11.8 Å². The predicted octanol–water partition coefficient (Wildman–Crippen LogP) is 6.26. The predicted molar refractivity (Wildman–Crippen MR) is 110 cm³/mol. The molecule has 1 atom stereocenters. The van der Waals surface area contributed by atoms with Crippen LogP contribution in [0.4, 0.5) is 0 Å². The monoisotopic (exact) mass is 357 g/mol. The average Bonchev–Trinajstić information content (AvgIpc) is 3.37. The van der Waals surface area contributed by atoms with Crippen molar-refractivity contribution in [1.82, 2.24) is 15.0 Å². The highest BCUT2D eigenvalue weighted by Gasteiger charge is 2.17. The van der Waals surface area contributed by atoms with E-state index in [9.17, 15) is 0 Å². The summed E-state index contributed by atoms with van der Waals surface area (Å²) in [7, 11) is 0. The van der Waals surface area contributed by atoms with E-state index in [4.69, 9.17) is 4.42 Å². The second kappa shape index (κ2) is 6.02. The van der Waals surface area contributed by atoms with Gasteiger partial charge in [-0.25, -0.2) is 4.98 Å². The highest BCUT2D eigenvalue weighted by atomic mass is 16.3. The van der Waals surface area contributed by atoms with E-state index >= 15 is 0 Å². The van der Waals surface area contributed by atoms with Crippen molar-refractivity contribution in [2.45, 2.75) is 39.0 Å². The van der Waals surface area contributed by atoms with Gasteiger partial charge in [-0.15, -0.1) is 0 Å². The molecule has 4 heterocycles. The highest BCUT2D eigenvalue weighted by Crippen LogP contribution is 2.35. The molecule has 0 spiro atoms.